The number of hydrogen-bond donors (Lipinski definition) is 0. The number of benzene rings is 2. The first kappa shape index (κ1) is 17.3. The van der Waals surface area contributed by atoms with E-state index in [2.05, 4.69) is 68.1 Å². The van der Waals surface area contributed by atoms with Gasteiger partial charge >= 0.3 is 5.82 Å². The van der Waals surface area contributed by atoms with Crippen LogP contribution < -0.4 is 17.0 Å². The highest BCUT2D eigenvalue weighted by Crippen LogP contribution is 2.35. The van der Waals surface area contributed by atoms with E-state index in [1.165, 1.54) is 33.5 Å². The zero-order valence-corrected chi connectivity index (χ0v) is 16.0. The van der Waals surface area contributed by atoms with Gasteiger partial charge in [-0.25, -0.2) is 4.57 Å². The average Bonchev–Trinajstić information content (AvgIpc) is 3.13. The van der Waals surface area contributed by atoms with Gasteiger partial charge < -0.3 is 17.1 Å². The minimum absolute atomic E-state index is 0. The summed E-state index contributed by atoms with van der Waals surface area (Å²) in [4.78, 5) is 0. The minimum atomic E-state index is 0. The fourth-order valence-electron chi connectivity index (χ4n) is 4.56. The molecule has 0 unspecified atom stereocenters. The lowest BCUT2D eigenvalue weighted by molar-refractivity contribution is -0.739. The van der Waals surface area contributed by atoms with E-state index in [4.69, 9.17) is 9.84 Å². The van der Waals surface area contributed by atoms with Crippen molar-refractivity contribution in [3.63, 3.8) is 0 Å². The zero-order chi connectivity index (χ0) is 17.1. The lowest BCUT2D eigenvalue weighted by Crippen LogP contribution is -3.00. The first-order valence-corrected chi connectivity index (χ1v) is 8.89. The number of halogens is 1. The molecule has 0 bridgehead atoms. The van der Waals surface area contributed by atoms with Crippen molar-refractivity contribution < 1.29 is 21.7 Å². The number of aromatic nitrogens is 3. The number of nitrogens with zero attached hydrogens (tertiary/aromatic N) is 3. The summed E-state index contributed by atoms with van der Waals surface area (Å²) in [5.74, 6) is 0.998. The predicted octanol–water partition coefficient (Wildman–Crippen LogP) is 0.133. The molecule has 5 heteroatoms. The molecule has 26 heavy (non-hydrogen) atoms. The molecule has 2 aromatic carbocycles. The monoisotopic (exact) mass is 367 g/mol. The van der Waals surface area contributed by atoms with Crippen molar-refractivity contribution >= 4 is 0 Å². The molecule has 1 aliphatic heterocycles. The third-order valence-electron chi connectivity index (χ3n) is 5.49. The van der Waals surface area contributed by atoms with Gasteiger partial charge in [-0.2, -0.15) is 0 Å². The van der Waals surface area contributed by atoms with Gasteiger partial charge in [0.2, 0.25) is 6.33 Å². The molecule has 0 fully saturated rings. The maximum atomic E-state index is 6.14. The van der Waals surface area contributed by atoms with Gasteiger partial charge in [-0.15, -0.1) is 0 Å². The summed E-state index contributed by atoms with van der Waals surface area (Å²) in [5, 5.41) is 4.86. The number of fused-ring (bicyclic) bond motifs is 5. The van der Waals surface area contributed by atoms with Crippen molar-refractivity contribution in [2.45, 2.75) is 45.9 Å². The van der Waals surface area contributed by atoms with Crippen LogP contribution in [-0.2, 0) is 17.8 Å². The van der Waals surface area contributed by atoms with E-state index < -0.39 is 0 Å². The van der Waals surface area contributed by atoms with Gasteiger partial charge in [0.25, 0.3) is 0 Å². The molecule has 0 amide bonds. The van der Waals surface area contributed by atoms with E-state index >= 15 is 0 Å². The molecule has 0 saturated heterocycles. The van der Waals surface area contributed by atoms with Gasteiger partial charge in [-0.05, 0) is 43.0 Å². The van der Waals surface area contributed by atoms with Crippen LogP contribution in [0.4, 0.5) is 0 Å². The maximum absolute atomic E-state index is 6.14. The van der Waals surface area contributed by atoms with Gasteiger partial charge in [-0.1, -0.05) is 46.6 Å². The van der Waals surface area contributed by atoms with Crippen molar-refractivity contribution in [1.29, 1.82) is 0 Å². The first-order valence-electron chi connectivity index (χ1n) is 8.89. The second-order valence-electron chi connectivity index (χ2n) is 7.33. The molecular formula is C21H22ClN3O. The van der Waals surface area contributed by atoms with Crippen molar-refractivity contribution in [1.82, 2.24) is 9.78 Å². The molecule has 0 N–H and O–H groups in total. The van der Waals surface area contributed by atoms with E-state index in [-0.39, 0.29) is 24.6 Å². The van der Waals surface area contributed by atoms with E-state index in [0.717, 1.165) is 12.2 Å². The summed E-state index contributed by atoms with van der Waals surface area (Å²) in [6.07, 6.45) is 3.36. The largest absolute Gasteiger partial charge is 1.00 e. The van der Waals surface area contributed by atoms with Crippen LogP contribution in [0.25, 0.3) is 5.69 Å². The molecule has 0 spiro atoms. The van der Waals surface area contributed by atoms with Gasteiger partial charge in [0, 0.05) is 11.5 Å². The number of hydrogen-bond acceptors (Lipinski definition) is 2. The summed E-state index contributed by atoms with van der Waals surface area (Å²) >= 11 is 0. The Kier molecular flexibility index (Phi) is 4.13. The molecular weight excluding hydrogens is 346 g/mol. The van der Waals surface area contributed by atoms with Gasteiger partial charge in [0.15, 0.2) is 0 Å². The summed E-state index contributed by atoms with van der Waals surface area (Å²) < 4.78 is 10.5. The fraction of sp³-hybridized carbons (Fsp3) is 0.333. The number of rotatable bonds is 1. The smallest absolute Gasteiger partial charge is 0.304 e. The van der Waals surface area contributed by atoms with Gasteiger partial charge in [-0.3, -0.25) is 0 Å². The Balaban J connectivity index is 0.00000168. The predicted molar refractivity (Wildman–Crippen MR) is 94.8 cm³/mol. The second-order valence-corrected chi connectivity index (χ2v) is 7.33. The molecule has 3 aromatic rings. The van der Waals surface area contributed by atoms with Crippen LogP contribution in [-0.4, -0.2) is 15.9 Å². The zero-order valence-electron chi connectivity index (χ0n) is 15.2. The standard InChI is InChI=1S/C21H22N3O.ClH/c1-13-8-14(2)20(15(3)9-13)24-12-23-19(22-24)11-25-18-10-16-6-4-5-7-17(16)21(18)23;/h4-9,12,18,21H,10-11H2,1-3H3;1H/q+1;/p-1/t18-,21+;/m0./s1. The third-order valence-corrected chi connectivity index (χ3v) is 5.49. The van der Waals surface area contributed by atoms with Crippen LogP contribution in [0.5, 0.6) is 0 Å². The molecule has 4 nitrogen and oxygen atoms in total. The van der Waals surface area contributed by atoms with Crippen LogP contribution >= 0.6 is 0 Å². The minimum Gasteiger partial charge on any atom is -1.00 e. The Morgan fingerprint density at radius 3 is 2.62 bits per heavy atom. The Morgan fingerprint density at radius 2 is 1.85 bits per heavy atom. The summed E-state index contributed by atoms with van der Waals surface area (Å²) in [6.45, 7) is 7.03. The molecule has 1 aliphatic carbocycles. The van der Waals surface area contributed by atoms with Gasteiger partial charge in [0.1, 0.15) is 24.4 Å². The molecule has 1 aromatic heterocycles. The van der Waals surface area contributed by atoms with E-state index in [1.807, 2.05) is 4.68 Å². The van der Waals surface area contributed by atoms with Crippen molar-refractivity contribution in [2.24, 2.45) is 0 Å². The lowest BCUT2D eigenvalue weighted by atomic mass is 10.1. The van der Waals surface area contributed by atoms with Crippen LogP contribution in [0.3, 0.4) is 0 Å². The molecule has 134 valence electrons. The van der Waals surface area contributed by atoms with Crippen LogP contribution in [0.15, 0.2) is 42.7 Å². The van der Waals surface area contributed by atoms with Crippen LogP contribution in [0, 0.1) is 20.8 Å². The topological polar surface area (TPSA) is 30.9 Å². The fourth-order valence-corrected chi connectivity index (χ4v) is 4.56. The van der Waals surface area contributed by atoms with Crippen LogP contribution in [0.2, 0.25) is 0 Å². The Bertz CT molecular complexity index is 972. The highest BCUT2D eigenvalue weighted by molar-refractivity contribution is 5.48. The van der Waals surface area contributed by atoms with Crippen LogP contribution in [0.1, 0.15) is 39.7 Å². The average molecular weight is 368 g/mol. The first-order chi connectivity index (χ1) is 12.1. The van der Waals surface area contributed by atoms with Gasteiger partial charge in [0.05, 0.1) is 0 Å². The third kappa shape index (κ3) is 2.48. The molecule has 2 atom stereocenters. The van der Waals surface area contributed by atoms with E-state index in [1.54, 1.807) is 0 Å². The molecule has 2 aliphatic rings. The van der Waals surface area contributed by atoms with E-state index in [0.29, 0.717) is 6.61 Å². The highest BCUT2D eigenvalue weighted by Gasteiger charge is 2.43. The summed E-state index contributed by atoms with van der Waals surface area (Å²) in [6, 6.07) is 13.4. The number of aryl methyl sites for hydroxylation is 3. The van der Waals surface area contributed by atoms with Crippen molar-refractivity contribution in [2.75, 3.05) is 0 Å². The molecule has 0 radical (unpaired) electrons. The van der Waals surface area contributed by atoms with E-state index in [9.17, 15) is 0 Å². The van der Waals surface area contributed by atoms with Crippen molar-refractivity contribution in [3.8, 4) is 5.69 Å². The molecule has 5 rings (SSSR count). The quantitative estimate of drug-likeness (QED) is 0.573. The highest BCUT2D eigenvalue weighted by atomic mass is 35.5. The number of ether oxygens (including phenoxy) is 1. The molecule has 2 heterocycles. The Labute approximate surface area is 159 Å². The Morgan fingerprint density at radius 1 is 1.12 bits per heavy atom. The second kappa shape index (κ2) is 6.22. The maximum Gasteiger partial charge on any atom is 0.304 e. The lowest BCUT2D eigenvalue weighted by Gasteiger charge is -2.23. The van der Waals surface area contributed by atoms with Crippen molar-refractivity contribution in [3.05, 3.63) is 76.4 Å². The summed E-state index contributed by atoms with van der Waals surface area (Å²) in [7, 11) is 0. The summed E-state index contributed by atoms with van der Waals surface area (Å²) in [5.41, 5.74) is 7.74. The normalized spacial score (nSPS) is 20.1. The molecule has 0 saturated carbocycles. The SMILES string of the molecule is Cc1cc(C)c(-n2c[n+]3c(n2)CO[C@H]2Cc4ccccc4[C@H]23)c(C)c1.[Cl-]. The Hall–Kier alpha value is -2.17.